The minimum atomic E-state index is 0.0307. The van der Waals surface area contributed by atoms with E-state index < -0.39 is 0 Å². The zero-order valence-electron chi connectivity index (χ0n) is 12.5. The lowest BCUT2D eigenvalue weighted by atomic mass is 10.3. The Morgan fingerprint density at radius 3 is 1.15 bits per heavy atom. The van der Waals surface area contributed by atoms with Crippen LogP contribution in [-0.2, 0) is 14.2 Å². The van der Waals surface area contributed by atoms with Crippen LogP contribution in [0.5, 0.6) is 0 Å². The van der Waals surface area contributed by atoms with Crippen molar-refractivity contribution in [1.29, 1.82) is 0 Å². The fourth-order valence-electron chi connectivity index (χ4n) is 1.69. The highest BCUT2D eigenvalue weighted by Gasteiger charge is 2.21. The molecule has 7 nitrogen and oxygen atoms in total. The lowest BCUT2D eigenvalue weighted by Crippen LogP contribution is -2.50. The Balaban J connectivity index is 3.98. The molecule has 0 unspecified atom stereocenters. The van der Waals surface area contributed by atoms with Crippen molar-refractivity contribution in [2.75, 3.05) is 86.1 Å². The van der Waals surface area contributed by atoms with Crippen LogP contribution in [-0.4, -0.2) is 106 Å². The van der Waals surface area contributed by atoms with Crippen LogP contribution >= 0.6 is 0 Å². The molecule has 0 aliphatic carbocycles. The van der Waals surface area contributed by atoms with Gasteiger partial charge in [0.15, 0.2) is 0 Å². The van der Waals surface area contributed by atoms with Gasteiger partial charge in [-0.2, -0.15) is 0 Å². The Hall–Kier alpha value is -0.280. The van der Waals surface area contributed by atoms with Crippen molar-refractivity contribution in [2.45, 2.75) is 0 Å². The highest BCUT2D eigenvalue weighted by Crippen LogP contribution is 2.03. The molecule has 0 fully saturated rings. The predicted octanol–water partition coefficient (Wildman–Crippen LogP) is -1.54. The summed E-state index contributed by atoms with van der Waals surface area (Å²) < 4.78 is 16.6. The summed E-state index contributed by atoms with van der Waals surface area (Å²) in [6.45, 7) is 5.23. The average molecular weight is 296 g/mol. The molecule has 0 aromatic rings. The average Bonchev–Trinajstić information content (AvgIpc) is 2.45. The van der Waals surface area contributed by atoms with Gasteiger partial charge in [-0.25, -0.2) is 0 Å². The molecule has 0 aliphatic rings. The molecule has 0 saturated heterocycles. The van der Waals surface area contributed by atoms with Crippen LogP contribution in [0.4, 0.5) is 0 Å². The van der Waals surface area contributed by atoms with Gasteiger partial charge in [0, 0.05) is 0 Å². The zero-order chi connectivity index (χ0) is 15.1. The van der Waals surface area contributed by atoms with Crippen molar-refractivity contribution in [3.05, 3.63) is 0 Å². The summed E-state index contributed by atoms with van der Waals surface area (Å²) in [5.41, 5.74) is 0. The van der Waals surface area contributed by atoms with Gasteiger partial charge in [-0.15, -0.1) is 0 Å². The molecule has 0 heterocycles. The third-order valence-corrected chi connectivity index (χ3v) is 3.03. The number of ether oxygens (including phenoxy) is 3. The van der Waals surface area contributed by atoms with Gasteiger partial charge >= 0.3 is 0 Å². The number of quaternary nitrogens is 1. The predicted molar refractivity (Wildman–Crippen MR) is 74.5 cm³/mol. The molecule has 20 heavy (non-hydrogen) atoms. The summed E-state index contributed by atoms with van der Waals surface area (Å²) in [6.07, 6.45) is 0. The van der Waals surface area contributed by atoms with Crippen LogP contribution < -0.4 is 0 Å². The van der Waals surface area contributed by atoms with E-state index in [2.05, 4.69) is 7.05 Å². The number of likely N-dealkylation sites (N-methyl/N-ethyl adjacent to an activating group) is 1. The van der Waals surface area contributed by atoms with Crippen molar-refractivity contribution in [1.82, 2.24) is 0 Å². The van der Waals surface area contributed by atoms with Gasteiger partial charge in [-0.05, 0) is 0 Å². The third-order valence-electron chi connectivity index (χ3n) is 3.03. The molecule has 7 heteroatoms. The van der Waals surface area contributed by atoms with Gasteiger partial charge < -0.3 is 34.0 Å². The Bertz CT molecular complexity index is 174. The first-order valence-electron chi connectivity index (χ1n) is 7.08. The van der Waals surface area contributed by atoms with Crippen molar-refractivity contribution < 1.29 is 34.0 Å². The number of nitrogens with zero attached hydrogens (tertiary/aromatic N) is 1. The summed E-state index contributed by atoms with van der Waals surface area (Å²) in [6, 6.07) is 0. The molecule has 0 saturated carbocycles. The molecule has 0 radical (unpaired) electrons. The lowest BCUT2D eigenvalue weighted by Gasteiger charge is -2.34. The summed E-state index contributed by atoms with van der Waals surface area (Å²) in [4.78, 5) is 0. The Kier molecular flexibility index (Phi) is 13.5. The monoisotopic (exact) mass is 296 g/mol. The minimum absolute atomic E-state index is 0.0307. The van der Waals surface area contributed by atoms with Gasteiger partial charge in [0.05, 0.1) is 66.5 Å². The highest BCUT2D eigenvalue weighted by molar-refractivity contribution is 4.43. The Labute approximate surface area is 121 Å². The molecule has 0 rings (SSSR count). The SMILES string of the molecule is C[N+](CCOCCO)(CCOCCO)CCOCCO. The van der Waals surface area contributed by atoms with Crippen LogP contribution in [0.2, 0.25) is 0 Å². The number of hydrogen-bond donors (Lipinski definition) is 3. The van der Waals surface area contributed by atoms with Crippen LogP contribution in [0.15, 0.2) is 0 Å². The summed E-state index contributed by atoms with van der Waals surface area (Å²) in [7, 11) is 2.09. The topological polar surface area (TPSA) is 88.4 Å². The van der Waals surface area contributed by atoms with Crippen molar-refractivity contribution in [3.8, 4) is 0 Å². The first kappa shape index (κ1) is 19.7. The van der Waals surface area contributed by atoms with Gasteiger partial charge in [0.25, 0.3) is 0 Å². The molecule has 0 aliphatic heterocycles. The lowest BCUT2D eigenvalue weighted by molar-refractivity contribution is -0.910. The van der Waals surface area contributed by atoms with Gasteiger partial charge in [0.2, 0.25) is 0 Å². The van der Waals surface area contributed by atoms with E-state index in [9.17, 15) is 0 Å². The normalized spacial score (nSPS) is 12.0. The highest BCUT2D eigenvalue weighted by atomic mass is 16.5. The molecule has 3 N–H and O–H groups in total. The first-order chi connectivity index (χ1) is 9.68. The van der Waals surface area contributed by atoms with Crippen molar-refractivity contribution in [2.24, 2.45) is 0 Å². The van der Waals surface area contributed by atoms with Crippen LogP contribution in [0, 0.1) is 0 Å². The molecule has 0 atom stereocenters. The van der Waals surface area contributed by atoms with Crippen molar-refractivity contribution >= 4 is 0 Å². The molecule has 0 amide bonds. The van der Waals surface area contributed by atoms with Gasteiger partial charge in [-0.1, -0.05) is 0 Å². The standard InChI is InChI=1S/C13H30NO6/c1-14(2-8-18-11-5-15,3-9-19-12-6-16)4-10-20-13-7-17/h15-17H,2-13H2,1H3/q+1. The van der Waals surface area contributed by atoms with E-state index in [1.54, 1.807) is 0 Å². The maximum absolute atomic E-state index is 8.68. The minimum Gasteiger partial charge on any atom is -0.394 e. The maximum Gasteiger partial charge on any atom is 0.102 e. The van der Waals surface area contributed by atoms with E-state index in [0.717, 1.165) is 24.1 Å². The number of rotatable bonds is 15. The molecule has 0 aromatic carbocycles. The summed E-state index contributed by atoms with van der Waals surface area (Å²) in [5.74, 6) is 0. The Morgan fingerprint density at radius 1 is 0.600 bits per heavy atom. The molecule has 0 spiro atoms. The summed E-state index contributed by atoms with van der Waals surface area (Å²) in [5, 5.41) is 26.0. The largest absolute Gasteiger partial charge is 0.394 e. The second kappa shape index (κ2) is 13.7. The van der Waals surface area contributed by atoms with E-state index in [-0.39, 0.29) is 19.8 Å². The molecule has 122 valence electrons. The molecular formula is C13H30NO6+. The quantitative estimate of drug-likeness (QED) is 0.251. The molecular weight excluding hydrogens is 266 g/mol. The van der Waals surface area contributed by atoms with Gasteiger partial charge in [-0.3, -0.25) is 0 Å². The maximum atomic E-state index is 8.68. The van der Waals surface area contributed by atoms with E-state index >= 15 is 0 Å². The van der Waals surface area contributed by atoms with E-state index in [0.29, 0.717) is 39.6 Å². The second-order valence-electron chi connectivity index (χ2n) is 4.80. The molecule has 0 aromatic heterocycles. The summed E-state index contributed by atoms with van der Waals surface area (Å²) >= 11 is 0. The van der Waals surface area contributed by atoms with Crippen LogP contribution in [0.25, 0.3) is 0 Å². The second-order valence-corrected chi connectivity index (χ2v) is 4.80. The van der Waals surface area contributed by atoms with E-state index in [4.69, 9.17) is 29.5 Å². The Morgan fingerprint density at radius 2 is 0.900 bits per heavy atom. The van der Waals surface area contributed by atoms with E-state index in [1.807, 2.05) is 0 Å². The molecule has 0 bridgehead atoms. The number of hydrogen-bond acceptors (Lipinski definition) is 6. The zero-order valence-corrected chi connectivity index (χ0v) is 12.5. The van der Waals surface area contributed by atoms with Crippen molar-refractivity contribution in [3.63, 3.8) is 0 Å². The van der Waals surface area contributed by atoms with E-state index in [1.165, 1.54) is 0 Å². The van der Waals surface area contributed by atoms with Crippen LogP contribution in [0.1, 0.15) is 0 Å². The first-order valence-corrected chi connectivity index (χ1v) is 7.08. The third kappa shape index (κ3) is 11.5. The smallest absolute Gasteiger partial charge is 0.102 e. The number of aliphatic hydroxyl groups is 3. The van der Waals surface area contributed by atoms with Gasteiger partial charge in [0.1, 0.15) is 19.6 Å². The number of aliphatic hydroxyl groups excluding tert-OH is 3. The fraction of sp³-hybridized carbons (Fsp3) is 1.00. The van der Waals surface area contributed by atoms with Crippen LogP contribution in [0.3, 0.4) is 0 Å². The fourth-order valence-corrected chi connectivity index (χ4v) is 1.69.